The van der Waals surface area contributed by atoms with Gasteiger partial charge < -0.3 is 15.1 Å². The molecule has 0 aromatic rings. The van der Waals surface area contributed by atoms with E-state index in [1.165, 1.54) is 37.3 Å². The first-order chi connectivity index (χ1) is 9.58. The molecule has 2 aliphatic heterocycles. The van der Waals surface area contributed by atoms with Crippen molar-refractivity contribution >= 4 is 11.9 Å². The van der Waals surface area contributed by atoms with Crippen molar-refractivity contribution in [3.8, 4) is 0 Å². The molecule has 2 rings (SSSR count). The summed E-state index contributed by atoms with van der Waals surface area (Å²) < 4.78 is 0. The summed E-state index contributed by atoms with van der Waals surface area (Å²) in [6.45, 7) is 4.08. The van der Waals surface area contributed by atoms with E-state index in [1.54, 1.807) is 14.1 Å². The van der Waals surface area contributed by atoms with Crippen LogP contribution in [0.4, 0.5) is 4.79 Å². The smallest absolute Gasteiger partial charge is 0.317 e. The molecule has 2 aliphatic rings. The molecule has 0 aliphatic carbocycles. The molecule has 0 radical (unpaired) electrons. The van der Waals surface area contributed by atoms with Crippen molar-refractivity contribution in [1.82, 2.24) is 20.0 Å². The maximum absolute atomic E-state index is 12.1. The minimum absolute atomic E-state index is 0.0275. The molecule has 0 aromatic heterocycles. The van der Waals surface area contributed by atoms with E-state index < -0.39 is 0 Å². The van der Waals surface area contributed by atoms with E-state index in [2.05, 4.69) is 10.2 Å². The zero-order valence-electron chi connectivity index (χ0n) is 12.6. The highest BCUT2D eigenvalue weighted by Crippen LogP contribution is 2.20. The van der Waals surface area contributed by atoms with Gasteiger partial charge in [-0.05, 0) is 32.4 Å². The Morgan fingerprint density at radius 2 is 1.85 bits per heavy atom. The van der Waals surface area contributed by atoms with Crippen LogP contribution in [0.25, 0.3) is 0 Å². The van der Waals surface area contributed by atoms with Crippen molar-refractivity contribution in [2.24, 2.45) is 0 Å². The predicted molar refractivity (Wildman–Crippen MR) is 77.5 cm³/mol. The SMILES string of the molecule is CN(C)C(=O)NCC(=O)N1CCC(N2CCCCC2)C1. The van der Waals surface area contributed by atoms with Crippen LogP contribution >= 0.6 is 0 Å². The van der Waals surface area contributed by atoms with Gasteiger partial charge in [-0.15, -0.1) is 0 Å². The van der Waals surface area contributed by atoms with Gasteiger partial charge in [-0.1, -0.05) is 6.42 Å². The predicted octanol–water partition coefficient (Wildman–Crippen LogP) is 0.344. The zero-order valence-corrected chi connectivity index (χ0v) is 12.6. The average molecular weight is 282 g/mol. The molecule has 114 valence electrons. The van der Waals surface area contributed by atoms with Gasteiger partial charge in [0.15, 0.2) is 0 Å². The van der Waals surface area contributed by atoms with Crippen molar-refractivity contribution in [2.45, 2.75) is 31.7 Å². The van der Waals surface area contributed by atoms with Crippen LogP contribution in [0.5, 0.6) is 0 Å². The lowest BCUT2D eigenvalue weighted by Crippen LogP contribution is -2.45. The van der Waals surface area contributed by atoms with Crippen LogP contribution in [-0.4, -0.2) is 79.5 Å². The summed E-state index contributed by atoms with van der Waals surface area (Å²) >= 11 is 0. The van der Waals surface area contributed by atoms with Crippen LogP contribution in [0.1, 0.15) is 25.7 Å². The highest BCUT2D eigenvalue weighted by molar-refractivity contribution is 5.84. The Bertz CT molecular complexity index is 353. The van der Waals surface area contributed by atoms with Gasteiger partial charge in [0.1, 0.15) is 0 Å². The summed E-state index contributed by atoms with van der Waals surface area (Å²) in [7, 11) is 3.34. The Labute approximate surface area is 121 Å². The van der Waals surface area contributed by atoms with E-state index in [1.807, 2.05) is 4.90 Å². The van der Waals surface area contributed by atoms with E-state index in [4.69, 9.17) is 0 Å². The number of carbonyl (C=O) groups is 2. The first-order valence-electron chi connectivity index (χ1n) is 7.55. The molecular formula is C14H26N4O2. The fourth-order valence-electron chi connectivity index (χ4n) is 2.97. The Kier molecular flexibility index (Phi) is 5.23. The molecule has 0 spiro atoms. The summed E-state index contributed by atoms with van der Waals surface area (Å²) in [6, 6.07) is 0.300. The molecule has 6 heteroatoms. The Morgan fingerprint density at radius 3 is 2.50 bits per heavy atom. The lowest BCUT2D eigenvalue weighted by atomic mass is 10.1. The summed E-state index contributed by atoms with van der Waals surface area (Å²) in [5.41, 5.74) is 0. The highest BCUT2D eigenvalue weighted by atomic mass is 16.2. The van der Waals surface area contributed by atoms with Gasteiger partial charge in [0, 0.05) is 33.2 Å². The zero-order chi connectivity index (χ0) is 14.5. The standard InChI is InChI=1S/C14H26N4O2/c1-16(2)14(20)15-10-13(19)18-9-6-12(11-18)17-7-4-3-5-8-17/h12H,3-11H2,1-2H3,(H,15,20). The van der Waals surface area contributed by atoms with Crippen LogP contribution in [0, 0.1) is 0 Å². The summed E-state index contributed by atoms with van der Waals surface area (Å²) in [4.78, 5) is 29.3. The maximum Gasteiger partial charge on any atom is 0.317 e. The Morgan fingerprint density at radius 1 is 1.15 bits per heavy atom. The summed E-state index contributed by atoms with van der Waals surface area (Å²) in [6.07, 6.45) is 4.96. The van der Waals surface area contributed by atoms with E-state index in [9.17, 15) is 9.59 Å². The van der Waals surface area contributed by atoms with Crippen LogP contribution < -0.4 is 5.32 Å². The summed E-state index contributed by atoms with van der Waals surface area (Å²) in [5.74, 6) is 0.0275. The number of amides is 3. The average Bonchev–Trinajstić information content (AvgIpc) is 2.95. The second-order valence-corrected chi connectivity index (χ2v) is 5.93. The molecule has 3 amide bonds. The normalized spacial score (nSPS) is 23.7. The van der Waals surface area contributed by atoms with Gasteiger partial charge in [0.2, 0.25) is 5.91 Å². The molecule has 2 fully saturated rings. The maximum atomic E-state index is 12.1. The van der Waals surface area contributed by atoms with E-state index >= 15 is 0 Å². The van der Waals surface area contributed by atoms with Gasteiger partial charge >= 0.3 is 6.03 Å². The minimum Gasteiger partial charge on any atom is -0.340 e. The van der Waals surface area contributed by atoms with E-state index in [0.29, 0.717) is 6.04 Å². The van der Waals surface area contributed by atoms with Crippen molar-refractivity contribution in [3.05, 3.63) is 0 Å². The number of carbonyl (C=O) groups excluding carboxylic acids is 2. The van der Waals surface area contributed by atoms with Gasteiger partial charge in [0.25, 0.3) is 0 Å². The quantitative estimate of drug-likeness (QED) is 0.812. The lowest BCUT2D eigenvalue weighted by Gasteiger charge is -2.32. The number of nitrogens with one attached hydrogen (secondary N) is 1. The van der Waals surface area contributed by atoms with Gasteiger partial charge in [-0.25, -0.2) is 4.79 Å². The topological polar surface area (TPSA) is 55.9 Å². The third kappa shape index (κ3) is 3.85. The number of hydrogen-bond acceptors (Lipinski definition) is 3. The Balaban J connectivity index is 1.74. The monoisotopic (exact) mass is 282 g/mol. The molecule has 0 saturated carbocycles. The lowest BCUT2D eigenvalue weighted by molar-refractivity contribution is -0.129. The molecule has 20 heavy (non-hydrogen) atoms. The minimum atomic E-state index is -0.217. The van der Waals surface area contributed by atoms with Crippen molar-refractivity contribution in [1.29, 1.82) is 0 Å². The van der Waals surface area contributed by atoms with Gasteiger partial charge in [0.05, 0.1) is 6.54 Å². The number of piperidine rings is 1. The fourth-order valence-corrected chi connectivity index (χ4v) is 2.97. The number of urea groups is 1. The van der Waals surface area contributed by atoms with Crippen LogP contribution in [-0.2, 0) is 4.79 Å². The largest absolute Gasteiger partial charge is 0.340 e. The summed E-state index contributed by atoms with van der Waals surface area (Å²) in [5, 5.41) is 2.64. The van der Waals surface area contributed by atoms with Crippen molar-refractivity contribution in [2.75, 3.05) is 46.8 Å². The molecular weight excluding hydrogens is 256 g/mol. The number of rotatable bonds is 3. The number of likely N-dealkylation sites (tertiary alicyclic amines) is 2. The first-order valence-corrected chi connectivity index (χ1v) is 7.55. The molecule has 1 N–H and O–H groups in total. The number of hydrogen-bond donors (Lipinski definition) is 1. The second kappa shape index (κ2) is 6.92. The van der Waals surface area contributed by atoms with Gasteiger partial charge in [-0.2, -0.15) is 0 Å². The highest BCUT2D eigenvalue weighted by Gasteiger charge is 2.30. The van der Waals surface area contributed by atoms with Crippen molar-refractivity contribution in [3.63, 3.8) is 0 Å². The van der Waals surface area contributed by atoms with Crippen molar-refractivity contribution < 1.29 is 9.59 Å². The van der Waals surface area contributed by atoms with Crippen LogP contribution in [0.2, 0.25) is 0 Å². The molecule has 6 nitrogen and oxygen atoms in total. The molecule has 1 unspecified atom stereocenters. The van der Waals surface area contributed by atoms with E-state index in [0.717, 1.165) is 19.5 Å². The number of nitrogens with zero attached hydrogens (tertiary/aromatic N) is 3. The third-order valence-corrected chi connectivity index (χ3v) is 4.22. The van der Waals surface area contributed by atoms with Crippen LogP contribution in [0.15, 0.2) is 0 Å². The fraction of sp³-hybridized carbons (Fsp3) is 0.857. The van der Waals surface area contributed by atoms with Gasteiger partial charge in [-0.3, -0.25) is 9.69 Å². The second-order valence-electron chi connectivity index (χ2n) is 5.93. The molecule has 1 atom stereocenters. The molecule has 0 aromatic carbocycles. The Hall–Kier alpha value is -1.30. The molecule has 2 saturated heterocycles. The van der Waals surface area contributed by atoms with Crippen LogP contribution in [0.3, 0.4) is 0 Å². The third-order valence-electron chi connectivity index (χ3n) is 4.22. The molecule has 2 heterocycles. The van der Waals surface area contributed by atoms with E-state index in [-0.39, 0.29) is 18.5 Å². The first kappa shape index (κ1) is 15.1. The molecule has 0 bridgehead atoms.